The molecule has 1 amide bonds. The monoisotopic (exact) mass is 455 g/mol. The second-order valence-electron chi connectivity index (χ2n) is 10.1. The highest BCUT2D eigenvalue weighted by atomic mass is 28.4. The van der Waals surface area contributed by atoms with E-state index < -0.39 is 33.0 Å². The minimum absolute atomic E-state index is 0.00546. The fraction of sp³-hybridized carbons (Fsp3) is 0.458. The van der Waals surface area contributed by atoms with E-state index in [4.69, 9.17) is 4.43 Å². The van der Waals surface area contributed by atoms with E-state index in [2.05, 4.69) is 45.0 Å². The number of hydrogen-bond acceptors (Lipinski definition) is 4. The predicted octanol–water partition coefficient (Wildman–Crippen LogP) is 2.12. The van der Waals surface area contributed by atoms with Gasteiger partial charge in [0.2, 0.25) is 5.91 Å². The van der Waals surface area contributed by atoms with Gasteiger partial charge in [-0.25, -0.2) is 4.39 Å². The van der Waals surface area contributed by atoms with Crippen LogP contribution in [0, 0.1) is 0 Å². The maximum Gasteiger partial charge on any atom is 0.457 e. The maximum absolute atomic E-state index is 14.6. The maximum atomic E-state index is 14.6. The van der Waals surface area contributed by atoms with Crippen molar-refractivity contribution in [2.75, 3.05) is 13.2 Å². The van der Waals surface area contributed by atoms with Gasteiger partial charge < -0.3 is 19.4 Å². The molecule has 0 aliphatic carbocycles. The highest BCUT2D eigenvalue weighted by Gasteiger charge is 2.63. The first-order chi connectivity index (χ1) is 15.1. The lowest BCUT2D eigenvalue weighted by molar-refractivity contribution is -0.130. The third-order valence-electron chi connectivity index (χ3n) is 7.19. The molecule has 2 heterocycles. The van der Waals surface area contributed by atoms with Crippen molar-refractivity contribution < 1.29 is 23.7 Å². The standard InChI is InChI=1S/C24H31BFNO4Si/c1-23(2,3)32(19-10-6-4-7-11-19,20-12-8-5-9-13-20)31-17-24-15-18(26)16-27(24)22(28)14-21(24)25(29)30/h4-13,18,21,29-30H,14-17H2,1-3H3/t18-,21?,24+/m1/s1. The van der Waals surface area contributed by atoms with Crippen LogP contribution in [0.1, 0.15) is 33.6 Å². The number of hydrogen-bond donors (Lipinski definition) is 2. The molecule has 2 saturated heterocycles. The number of alkyl halides is 1. The Bertz CT molecular complexity index is 916. The first kappa shape index (κ1) is 23.2. The summed E-state index contributed by atoms with van der Waals surface area (Å²) in [5.41, 5.74) is -1.06. The van der Waals surface area contributed by atoms with Crippen molar-refractivity contribution in [1.82, 2.24) is 4.90 Å². The molecule has 2 N–H and O–H groups in total. The molecule has 3 atom stereocenters. The van der Waals surface area contributed by atoms with Gasteiger partial charge in [-0.05, 0) is 15.4 Å². The average Bonchev–Trinajstić information content (AvgIpc) is 3.22. The minimum Gasteiger partial charge on any atom is -0.427 e. The van der Waals surface area contributed by atoms with Gasteiger partial charge in [-0.15, -0.1) is 0 Å². The van der Waals surface area contributed by atoms with Gasteiger partial charge in [0.25, 0.3) is 8.32 Å². The van der Waals surface area contributed by atoms with Crippen molar-refractivity contribution in [2.24, 2.45) is 0 Å². The van der Waals surface area contributed by atoms with Crippen molar-refractivity contribution >= 4 is 31.7 Å². The van der Waals surface area contributed by atoms with E-state index in [9.17, 15) is 19.2 Å². The molecule has 0 radical (unpaired) electrons. The van der Waals surface area contributed by atoms with Crippen molar-refractivity contribution in [1.29, 1.82) is 0 Å². The quantitative estimate of drug-likeness (QED) is 0.655. The lowest BCUT2D eigenvalue weighted by Gasteiger charge is -2.46. The van der Waals surface area contributed by atoms with E-state index in [-0.39, 0.29) is 36.9 Å². The molecule has 32 heavy (non-hydrogen) atoms. The van der Waals surface area contributed by atoms with E-state index in [1.165, 1.54) is 4.90 Å². The molecule has 2 aromatic carbocycles. The van der Waals surface area contributed by atoms with E-state index in [0.29, 0.717) is 0 Å². The zero-order valence-electron chi connectivity index (χ0n) is 18.9. The summed E-state index contributed by atoms with van der Waals surface area (Å²) in [6.45, 7) is 6.50. The van der Waals surface area contributed by atoms with Gasteiger partial charge in [0.15, 0.2) is 0 Å². The molecule has 0 bridgehead atoms. The predicted molar refractivity (Wildman–Crippen MR) is 126 cm³/mol. The second kappa shape index (κ2) is 8.41. The van der Waals surface area contributed by atoms with E-state index >= 15 is 0 Å². The van der Waals surface area contributed by atoms with Crippen LogP contribution in [-0.4, -0.2) is 61.2 Å². The summed E-state index contributed by atoms with van der Waals surface area (Å²) in [4.78, 5) is 14.2. The van der Waals surface area contributed by atoms with Crippen LogP contribution in [-0.2, 0) is 9.22 Å². The van der Waals surface area contributed by atoms with Gasteiger partial charge in [0.05, 0.1) is 18.7 Å². The van der Waals surface area contributed by atoms with Crippen molar-refractivity contribution in [3.8, 4) is 0 Å². The molecular formula is C24H31BFNO4Si. The lowest BCUT2D eigenvalue weighted by Crippen LogP contribution is -2.68. The van der Waals surface area contributed by atoms with Gasteiger partial charge in [0, 0.05) is 18.7 Å². The van der Waals surface area contributed by atoms with Crippen LogP contribution in [0.3, 0.4) is 0 Å². The third-order valence-corrected chi connectivity index (χ3v) is 12.2. The number of benzene rings is 2. The summed E-state index contributed by atoms with van der Waals surface area (Å²) in [7, 11) is -4.63. The lowest BCUT2D eigenvalue weighted by atomic mass is 9.61. The highest BCUT2D eigenvalue weighted by molar-refractivity contribution is 6.99. The Balaban J connectivity index is 1.83. The molecule has 0 saturated carbocycles. The van der Waals surface area contributed by atoms with E-state index in [1.807, 2.05) is 36.4 Å². The SMILES string of the molecule is CC(C)(C)[Si](OC[C@]12C[C@@H](F)CN1C(=O)CC2B(O)O)(c1ccccc1)c1ccccc1. The van der Waals surface area contributed by atoms with Crippen LogP contribution in [0.5, 0.6) is 0 Å². The van der Waals surface area contributed by atoms with Gasteiger partial charge >= 0.3 is 7.12 Å². The smallest absolute Gasteiger partial charge is 0.427 e. The van der Waals surface area contributed by atoms with Crippen LogP contribution < -0.4 is 10.4 Å². The Morgan fingerprint density at radius 3 is 2.09 bits per heavy atom. The number of carbonyl (C=O) groups excluding carboxylic acids is 1. The Labute approximate surface area is 190 Å². The zero-order valence-corrected chi connectivity index (χ0v) is 19.9. The number of carbonyl (C=O) groups is 1. The summed E-state index contributed by atoms with van der Waals surface area (Å²) in [6.07, 6.45) is -1.16. The molecule has 4 rings (SSSR count). The Hall–Kier alpha value is -2.00. The van der Waals surface area contributed by atoms with E-state index in [0.717, 1.165) is 10.4 Å². The Morgan fingerprint density at radius 1 is 1.09 bits per heavy atom. The summed E-state index contributed by atoms with van der Waals surface area (Å²) in [5, 5.41) is 22.1. The number of amides is 1. The largest absolute Gasteiger partial charge is 0.457 e. The number of fused-ring (bicyclic) bond motifs is 1. The van der Waals surface area contributed by atoms with Gasteiger partial charge in [-0.2, -0.15) is 0 Å². The molecule has 2 fully saturated rings. The van der Waals surface area contributed by atoms with Gasteiger partial charge in [-0.1, -0.05) is 81.4 Å². The normalized spacial score (nSPS) is 25.8. The summed E-state index contributed by atoms with van der Waals surface area (Å²) in [5.74, 6) is -1.02. The van der Waals surface area contributed by atoms with Crippen LogP contribution in [0.4, 0.5) is 4.39 Å². The second-order valence-corrected chi connectivity index (χ2v) is 14.4. The van der Waals surface area contributed by atoms with Gasteiger partial charge in [0.1, 0.15) is 6.17 Å². The molecule has 5 nitrogen and oxygen atoms in total. The first-order valence-electron chi connectivity index (χ1n) is 11.2. The average molecular weight is 455 g/mol. The third kappa shape index (κ3) is 3.63. The van der Waals surface area contributed by atoms with Crippen LogP contribution >= 0.6 is 0 Å². The fourth-order valence-electron chi connectivity index (χ4n) is 5.75. The first-order valence-corrected chi connectivity index (χ1v) is 13.1. The molecule has 8 heteroatoms. The van der Waals surface area contributed by atoms with Crippen LogP contribution in [0.15, 0.2) is 60.7 Å². The minimum atomic E-state index is -2.91. The van der Waals surface area contributed by atoms with Crippen LogP contribution in [0.2, 0.25) is 10.9 Å². The van der Waals surface area contributed by atoms with Crippen molar-refractivity contribution in [3.63, 3.8) is 0 Å². The Kier molecular flexibility index (Phi) is 6.09. The molecule has 170 valence electrons. The summed E-state index contributed by atoms with van der Waals surface area (Å²) < 4.78 is 21.6. The molecule has 0 spiro atoms. The molecular weight excluding hydrogens is 424 g/mol. The van der Waals surface area contributed by atoms with Crippen molar-refractivity contribution in [3.05, 3.63) is 60.7 Å². The highest BCUT2D eigenvalue weighted by Crippen LogP contribution is 2.50. The fourth-order valence-corrected chi connectivity index (χ4v) is 10.4. The topological polar surface area (TPSA) is 70.0 Å². The Morgan fingerprint density at radius 2 is 1.62 bits per heavy atom. The summed E-state index contributed by atoms with van der Waals surface area (Å²) in [6, 6.07) is 20.2. The molecule has 0 aromatic heterocycles. The summed E-state index contributed by atoms with van der Waals surface area (Å²) >= 11 is 0. The van der Waals surface area contributed by atoms with Crippen molar-refractivity contribution in [2.45, 2.75) is 56.2 Å². The molecule has 2 aliphatic rings. The molecule has 2 aliphatic heterocycles. The number of nitrogens with zero attached hydrogens (tertiary/aromatic N) is 1. The number of halogens is 1. The molecule has 2 aromatic rings. The zero-order chi connectivity index (χ0) is 23.1. The van der Waals surface area contributed by atoms with Gasteiger partial charge in [-0.3, -0.25) is 4.79 Å². The van der Waals surface area contributed by atoms with E-state index in [1.54, 1.807) is 0 Å². The number of rotatable bonds is 6. The molecule has 1 unspecified atom stereocenters. The van der Waals surface area contributed by atoms with Crippen LogP contribution in [0.25, 0.3) is 0 Å².